The average molecular weight is 831 g/mol. The van der Waals surface area contributed by atoms with Gasteiger partial charge in [0.05, 0.1) is 39.5 Å². The molecule has 6 nitrogen and oxygen atoms in total. The van der Waals surface area contributed by atoms with Crippen LogP contribution in [0.1, 0.15) is 0 Å². The van der Waals surface area contributed by atoms with E-state index in [1.807, 2.05) is 79.5 Å². The lowest BCUT2D eigenvalue weighted by Gasteiger charge is -2.13. The molecule has 0 radical (unpaired) electrons. The second-order valence-electron chi connectivity index (χ2n) is 16.2. The molecule has 6 aromatic carbocycles. The zero-order valence-corrected chi connectivity index (χ0v) is 35.1. The van der Waals surface area contributed by atoms with E-state index in [1.54, 1.807) is 0 Å². The Balaban J connectivity index is 1.09. The average Bonchev–Trinajstić information content (AvgIpc) is 3.72. The lowest BCUT2D eigenvalue weighted by Crippen LogP contribution is -1.95. The van der Waals surface area contributed by atoms with Crippen molar-refractivity contribution >= 4 is 32.6 Å². The monoisotopic (exact) mass is 830 g/mol. The summed E-state index contributed by atoms with van der Waals surface area (Å²) < 4.78 is 2.39. The number of hydrogen-bond donors (Lipinski definition) is 0. The predicted molar refractivity (Wildman–Crippen MR) is 265 cm³/mol. The molecule has 0 aliphatic heterocycles. The summed E-state index contributed by atoms with van der Waals surface area (Å²) in [5.41, 5.74) is 17.4. The first-order valence-corrected chi connectivity index (χ1v) is 21.7. The predicted octanol–water partition coefficient (Wildman–Crippen LogP) is 14.6. The van der Waals surface area contributed by atoms with Crippen molar-refractivity contribution in [1.82, 2.24) is 29.5 Å². The number of hydrogen-bond acceptors (Lipinski definition) is 5. The molecule has 0 spiro atoms. The van der Waals surface area contributed by atoms with Gasteiger partial charge in [-0.15, -0.1) is 0 Å². The summed E-state index contributed by atoms with van der Waals surface area (Å²) >= 11 is 0. The summed E-state index contributed by atoms with van der Waals surface area (Å²) in [4.78, 5) is 23.9. The summed E-state index contributed by atoms with van der Waals surface area (Å²) in [6.45, 7) is 0. The Morgan fingerprint density at radius 1 is 0.262 bits per heavy atom. The fourth-order valence-electron chi connectivity index (χ4n) is 9.12. The van der Waals surface area contributed by atoms with E-state index in [9.17, 15) is 0 Å². The SMILES string of the molecule is c1ccc(-c2cc(-c3ccc4c(c3)c3cc(-c5cc(-c6ccccn6)cc(-c6ccccn6)c5)ccc3n4-c3cccc(-c4nccc5ccccc45)c3)cc(-c3ccccn3)c2)nc1. The van der Waals surface area contributed by atoms with Gasteiger partial charge >= 0.3 is 0 Å². The molecule has 0 unspecified atom stereocenters. The quantitative estimate of drug-likeness (QED) is 0.153. The minimum atomic E-state index is 0.910. The van der Waals surface area contributed by atoms with Crippen molar-refractivity contribution in [2.24, 2.45) is 0 Å². The second-order valence-corrected chi connectivity index (χ2v) is 16.2. The molecule has 12 aromatic rings. The van der Waals surface area contributed by atoms with E-state index >= 15 is 0 Å². The molecular weight excluding hydrogens is 793 g/mol. The van der Waals surface area contributed by atoms with Crippen LogP contribution in [0.5, 0.6) is 0 Å². The van der Waals surface area contributed by atoms with Gasteiger partial charge in [0, 0.05) is 80.6 Å². The summed E-state index contributed by atoms with van der Waals surface area (Å²) in [7, 11) is 0. The minimum Gasteiger partial charge on any atom is -0.309 e. The molecule has 0 amide bonds. The van der Waals surface area contributed by atoms with E-state index in [2.05, 4.69) is 156 Å². The smallest absolute Gasteiger partial charge is 0.0781 e. The van der Waals surface area contributed by atoms with Gasteiger partial charge < -0.3 is 4.57 Å². The molecule has 0 atom stereocenters. The van der Waals surface area contributed by atoms with Crippen LogP contribution in [0.3, 0.4) is 0 Å². The fourth-order valence-corrected chi connectivity index (χ4v) is 9.12. The standard InChI is InChI=1S/C59H38N6/c1-2-15-50-39(12-1)24-29-64-59(50)42-13-11-14-49(36-42)65-57-22-20-40(43-30-45(53-16-3-7-25-60-53)34-46(31-43)54-17-4-8-26-61-54)37-51(57)52-38-41(21-23-58(52)65)44-32-47(55-18-5-9-27-62-55)35-48(33-44)56-19-6-10-28-63-56/h1-38H. The van der Waals surface area contributed by atoms with Gasteiger partial charge in [0.1, 0.15) is 0 Å². The van der Waals surface area contributed by atoms with Crippen molar-refractivity contribution in [2.45, 2.75) is 0 Å². The Hall–Kier alpha value is -8.87. The molecule has 6 aromatic heterocycles. The lowest BCUT2D eigenvalue weighted by atomic mass is 9.94. The van der Waals surface area contributed by atoms with E-state index in [4.69, 9.17) is 24.9 Å². The van der Waals surface area contributed by atoms with Crippen molar-refractivity contribution in [3.05, 3.63) is 231 Å². The van der Waals surface area contributed by atoms with Gasteiger partial charge in [-0.25, -0.2) is 0 Å². The summed E-state index contributed by atoms with van der Waals surface area (Å²) in [6, 6.07) is 70.5. The topological polar surface area (TPSA) is 69.4 Å². The Labute approximate surface area is 375 Å². The molecule has 0 aliphatic rings. The van der Waals surface area contributed by atoms with Crippen LogP contribution < -0.4 is 0 Å². The van der Waals surface area contributed by atoms with E-state index in [-0.39, 0.29) is 0 Å². The normalized spacial score (nSPS) is 11.4. The maximum Gasteiger partial charge on any atom is 0.0781 e. The van der Waals surface area contributed by atoms with Crippen LogP contribution >= 0.6 is 0 Å². The molecule has 12 rings (SSSR count). The van der Waals surface area contributed by atoms with Crippen molar-refractivity contribution in [1.29, 1.82) is 0 Å². The molecule has 0 N–H and O–H groups in total. The molecule has 0 saturated heterocycles. The Morgan fingerprint density at radius 3 is 1.20 bits per heavy atom. The van der Waals surface area contributed by atoms with Crippen molar-refractivity contribution < 1.29 is 0 Å². The number of nitrogens with zero attached hydrogens (tertiary/aromatic N) is 6. The third-order valence-corrected chi connectivity index (χ3v) is 12.2. The highest BCUT2D eigenvalue weighted by molar-refractivity contribution is 6.12. The molecular formula is C59H38N6. The molecule has 6 heteroatoms. The van der Waals surface area contributed by atoms with Crippen molar-refractivity contribution in [3.8, 4) is 84.2 Å². The van der Waals surface area contributed by atoms with E-state index in [0.717, 1.165) is 117 Å². The van der Waals surface area contributed by atoms with Gasteiger partial charge in [0.15, 0.2) is 0 Å². The highest BCUT2D eigenvalue weighted by Gasteiger charge is 2.18. The zero-order valence-electron chi connectivity index (χ0n) is 35.1. The zero-order chi connectivity index (χ0) is 43.1. The van der Waals surface area contributed by atoms with Crippen LogP contribution in [0.25, 0.3) is 117 Å². The van der Waals surface area contributed by atoms with Gasteiger partial charge in [-0.2, -0.15) is 0 Å². The number of fused-ring (bicyclic) bond motifs is 4. The van der Waals surface area contributed by atoms with Crippen molar-refractivity contribution in [3.63, 3.8) is 0 Å². The first-order chi connectivity index (χ1) is 32.2. The van der Waals surface area contributed by atoms with Gasteiger partial charge in [-0.1, -0.05) is 72.8 Å². The third kappa shape index (κ3) is 7.09. The van der Waals surface area contributed by atoms with E-state index in [1.165, 1.54) is 0 Å². The van der Waals surface area contributed by atoms with Gasteiger partial charge in [0.25, 0.3) is 0 Å². The summed E-state index contributed by atoms with van der Waals surface area (Å²) in [5.74, 6) is 0. The van der Waals surface area contributed by atoms with Crippen LogP contribution in [0.15, 0.2) is 231 Å². The maximum atomic E-state index is 4.90. The second kappa shape index (κ2) is 16.1. The molecule has 65 heavy (non-hydrogen) atoms. The fraction of sp³-hybridized carbons (Fsp3) is 0. The van der Waals surface area contributed by atoms with Gasteiger partial charge in [-0.3, -0.25) is 24.9 Å². The molecule has 0 aliphatic carbocycles. The number of benzene rings is 6. The largest absolute Gasteiger partial charge is 0.309 e. The maximum absolute atomic E-state index is 4.90. The van der Waals surface area contributed by atoms with Crippen LogP contribution in [0.4, 0.5) is 0 Å². The molecule has 0 saturated carbocycles. The van der Waals surface area contributed by atoms with Gasteiger partial charge in [0.2, 0.25) is 0 Å². The summed E-state index contributed by atoms with van der Waals surface area (Å²) in [5, 5.41) is 4.57. The number of pyridine rings is 5. The first kappa shape index (κ1) is 37.9. The highest BCUT2D eigenvalue weighted by atomic mass is 15.0. The van der Waals surface area contributed by atoms with Gasteiger partial charge in [-0.05, 0) is 155 Å². The van der Waals surface area contributed by atoms with Crippen molar-refractivity contribution in [2.75, 3.05) is 0 Å². The first-order valence-electron chi connectivity index (χ1n) is 21.7. The number of aromatic nitrogens is 6. The Kier molecular flexibility index (Phi) is 9.38. The van der Waals surface area contributed by atoms with E-state index in [0.29, 0.717) is 0 Å². The van der Waals surface area contributed by atoms with Crippen LogP contribution in [0.2, 0.25) is 0 Å². The Bertz CT molecular complexity index is 3390. The summed E-state index contributed by atoms with van der Waals surface area (Å²) in [6.07, 6.45) is 9.28. The highest BCUT2D eigenvalue weighted by Crippen LogP contribution is 2.41. The minimum absolute atomic E-state index is 0.910. The lowest BCUT2D eigenvalue weighted by molar-refractivity contribution is 1.18. The third-order valence-electron chi connectivity index (χ3n) is 12.2. The van der Waals surface area contributed by atoms with E-state index < -0.39 is 0 Å². The molecule has 6 heterocycles. The molecule has 304 valence electrons. The van der Waals surface area contributed by atoms with Crippen LogP contribution in [-0.4, -0.2) is 29.5 Å². The molecule has 0 bridgehead atoms. The Morgan fingerprint density at radius 2 is 0.723 bits per heavy atom. The van der Waals surface area contributed by atoms with Crippen LogP contribution in [-0.2, 0) is 0 Å². The number of rotatable bonds is 8. The molecule has 0 fully saturated rings. The van der Waals surface area contributed by atoms with Crippen LogP contribution in [0, 0.1) is 0 Å².